The van der Waals surface area contributed by atoms with Crippen molar-refractivity contribution >= 4 is 11.9 Å². The van der Waals surface area contributed by atoms with E-state index in [0.717, 1.165) is 51.6 Å². The summed E-state index contributed by atoms with van der Waals surface area (Å²) < 4.78 is 4.95. The molecular weight excluding hydrogens is 328 g/mol. The average Bonchev–Trinajstić information content (AvgIpc) is 2.66. The lowest BCUT2D eigenvalue weighted by Crippen LogP contribution is -2.52. The molecule has 0 bridgehead atoms. The fourth-order valence-corrected chi connectivity index (χ4v) is 3.03. The molecule has 1 saturated heterocycles. The zero-order valence-corrected chi connectivity index (χ0v) is 16.1. The number of piperazine rings is 1. The molecule has 1 aromatic carbocycles. The van der Waals surface area contributed by atoms with Crippen LogP contribution in [-0.4, -0.2) is 67.6 Å². The lowest BCUT2D eigenvalue weighted by molar-refractivity contribution is -0.143. The molecule has 0 spiro atoms. The van der Waals surface area contributed by atoms with Gasteiger partial charge in [-0.3, -0.25) is 14.7 Å². The Kier molecular flexibility index (Phi) is 8.96. The van der Waals surface area contributed by atoms with Gasteiger partial charge in [-0.05, 0) is 25.8 Å². The molecule has 1 heterocycles. The third kappa shape index (κ3) is 7.04. The van der Waals surface area contributed by atoms with E-state index in [1.54, 1.807) is 0 Å². The number of nitrogens with one attached hydrogen (secondary N) is 1. The Bertz CT molecular complexity index is 554. The number of ether oxygens (including phenoxy) is 1. The second-order valence-electron chi connectivity index (χ2n) is 6.39. The van der Waals surface area contributed by atoms with Crippen molar-refractivity contribution in [3.05, 3.63) is 35.9 Å². The zero-order chi connectivity index (χ0) is 18.6. The van der Waals surface area contributed by atoms with Gasteiger partial charge >= 0.3 is 5.97 Å². The fourth-order valence-electron chi connectivity index (χ4n) is 3.03. The van der Waals surface area contributed by atoms with Gasteiger partial charge in [0, 0.05) is 52.2 Å². The maximum atomic E-state index is 11.4. The van der Waals surface area contributed by atoms with Crippen molar-refractivity contribution in [2.24, 2.45) is 4.99 Å². The van der Waals surface area contributed by atoms with Gasteiger partial charge in [0.15, 0.2) is 5.96 Å². The van der Waals surface area contributed by atoms with Crippen LogP contribution in [0.4, 0.5) is 0 Å². The highest BCUT2D eigenvalue weighted by molar-refractivity contribution is 5.80. The smallest absolute Gasteiger partial charge is 0.305 e. The van der Waals surface area contributed by atoms with Gasteiger partial charge in [-0.15, -0.1) is 0 Å². The Morgan fingerprint density at radius 3 is 2.54 bits per heavy atom. The van der Waals surface area contributed by atoms with Crippen LogP contribution in [0.1, 0.15) is 32.3 Å². The van der Waals surface area contributed by atoms with Crippen molar-refractivity contribution in [1.82, 2.24) is 15.1 Å². The van der Waals surface area contributed by atoms with Crippen LogP contribution in [0.25, 0.3) is 0 Å². The van der Waals surface area contributed by atoms with E-state index in [0.29, 0.717) is 19.6 Å². The van der Waals surface area contributed by atoms with Crippen LogP contribution >= 0.6 is 0 Å². The Balaban J connectivity index is 1.77. The number of aliphatic imine (C=N–C) groups is 1. The van der Waals surface area contributed by atoms with Gasteiger partial charge in [0.1, 0.15) is 0 Å². The van der Waals surface area contributed by atoms with Gasteiger partial charge < -0.3 is 15.0 Å². The summed E-state index contributed by atoms with van der Waals surface area (Å²) >= 11 is 0. The van der Waals surface area contributed by atoms with E-state index in [4.69, 9.17) is 4.74 Å². The molecule has 1 aliphatic rings. The molecule has 6 heteroatoms. The quantitative estimate of drug-likeness (QED) is 0.333. The molecule has 144 valence electrons. The predicted molar refractivity (Wildman–Crippen MR) is 105 cm³/mol. The molecule has 0 aliphatic carbocycles. The number of nitrogens with zero attached hydrogens (tertiary/aromatic N) is 3. The van der Waals surface area contributed by atoms with Crippen molar-refractivity contribution in [1.29, 1.82) is 0 Å². The van der Waals surface area contributed by atoms with E-state index < -0.39 is 0 Å². The lowest BCUT2D eigenvalue weighted by Gasteiger charge is -2.36. The second kappa shape index (κ2) is 11.5. The average molecular weight is 361 g/mol. The highest BCUT2D eigenvalue weighted by Crippen LogP contribution is 2.08. The molecule has 0 aromatic heterocycles. The van der Waals surface area contributed by atoms with Gasteiger partial charge in [0.05, 0.1) is 6.61 Å². The highest BCUT2D eigenvalue weighted by atomic mass is 16.5. The van der Waals surface area contributed by atoms with E-state index >= 15 is 0 Å². The first-order chi connectivity index (χ1) is 12.7. The molecule has 26 heavy (non-hydrogen) atoms. The van der Waals surface area contributed by atoms with Crippen molar-refractivity contribution in [2.75, 3.05) is 45.9 Å². The van der Waals surface area contributed by atoms with Gasteiger partial charge in [-0.25, -0.2) is 0 Å². The number of benzene rings is 1. The van der Waals surface area contributed by atoms with Gasteiger partial charge in [-0.2, -0.15) is 0 Å². The number of hydrogen-bond acceptors (Lipinski definition) is 4. The monoisotopic (exact) mass is 360 g/mol. The zero-order valence-electron chi connectivity index (χ0n) is 16.1. The minimum Gasteiger partial charge on any atom is -0.466 e. The lowest BCUT2D eigenvalue weighted by atomic mass is 10.2. The molecule has 6 nitrogen and oxygen atoms in total. The fraction of sp³-hybridized carbons (Fsp3) is 0.600. The number of hydrogen-bond donors (Lipinski definition) is 1. The van der Waals surface area contributed by atoms with Crippen LogP contribution in [0.2, 0.25) is 0 Å². The molecule has 1 fully saturated rings. The molecule has 1 aromatic rings. The topological polar surface area (TPSA) is 57.2 Å². The molecule has 0 amide bonds. The summed E-state index contributed by atoms with van der Waals surface area (Å²) in [6.45, 7) is 10.8. The Morgan fingerprint density at radius 2 is 1.88 bits per heavy atom. The minimum absolute atomic E-state index is 0.137. The third-order valence-corrected chi connectivity index (χ3v) is 4.36. The summed E-state index contributed by atoms with van der Waals surface area (Å²) in [4.78, 5) is 20.9. The van der Waals surface area contributed by atoms with Crippen molar-refractivity contribution < 1.29 is 9.53 Å². The maximum absolute atomic E-state index is 11.4. The van der Waals surface area contributed by atoms with E-state index in [1.807, 2.05) is 6.92 Å². The number of carbonyl (C=O) groups excluding carboxylic acids is 1. The summed E-state index contributed by atoms with van der Waals surface area (Å²) in [5.74, 6) is 0.818. The van der Waals surface area contributed by atoms with Crippen molar-refractivity contribution in [3.63, 3.8) is 0 Å². The summed E-state index contributed by atoms with van der Waals surface area (Å²) in [6, 6.07) is 10.6. The van der Waals surface area contributed by atoms with Gasteiger partial charge in [0.25, 0.3) is 0 Å². The molecule has 0 atom stereocenters. The van der Waals surface area contributed by atoms with Crippen molar-refractivity contribution in [3.8, 4) is 0 Å². The Morgan fingerprint density at radius 1 is 1.15 bits per heavy atom. The molecule has 0 unspecified atom stereocenters. The van der Waals surface area contributed by atoms with Crippen LogP contribution in [0.5, 0.6) is 0 Å². The third-order valence-electron chi connectivity index (χ3n) is 4.36. The number of esters is 1. The number of carbonyl (C=O) groups is 1. The largest absolute Gasteiger partial charge is 0.466 e. The maximum Gasteiger partial charge on any atom is 0.305 e. The van der Waals surface area contributed by atoms with Crippen LogP contribution < -0.4 is 5.32 Å². The normalized spacial score (nSPS) is 15.8. The molecule has 1 aliphatic heterocycles. The first-order valence-corrected chi connectivity index (χ1v) is 9.68. The standard InChI is InChI=1S/C20H32N4O2/c1-3-21-20(22-12-8-11-19(25)26-4-2)24-15-13-23(14-16-24)17-18-9-6-5-7-10-18/h5-7,9-10H,3-4,8,11-17H2,1-2H3,(H,21,22). The summed E-state index contributed by atoms with van der Waals surface area (Å²) in [6.07, 6.45) is 1.16. The van der Waals surface area contributed by atoms with E-state index in [2.05, 4.69) is 57.4 Å². The first-order valence-electron chi connectivity index (χ1n) is 9.68. The minimum atomic E-state index is -0.137. The Labute approximate surface area is 157 Å². The van der Waals surface area contributed by atoms with Crippen molar-refractivity contribution in [2.45, 2.75) is 33.2 Å². The SMILES string of the molecule is CCNC(=NCCCC(=O)OCC)N1CCN(Cc2ccccc2)CC1. The number of guanidine groups is 1. The van der Waals surface area contributed by atoms with Gasteiger partial charge in [-0.1, -0.05) is 30.3 Å². The second-order valence-corrected chi connectivity index (χ2v) is 6.39. The highest BCUT2D eigenvalue weighted by Gasteiger charge is 2.19. The summed E-state index contributed by atoms with van der Waals surface area (Å²) in [7, 11) is 0. The van der Waals surface area contributed by atoms with Crippen LogP contribution in [0, 0.1) is 0 Å². The van der Waals surface area contributed by atoms with E-state index in [9.17, 15) is 4.79 Å². The molecule has 2 rings (SSSR count). The molecule has 0 radical (unpaired) electrons. The summed E-state index contributed by atoms with van der Waals surface area (Å²) in [5.41, 5.74) is 1.36. The molecule has 1 N–H and O–H groups in total. The Hall–Kier alpha value is -2.08. The van der Waals surface area contributed by atoms with Crippen LogP contribution in [-0.2, 0) is 16.1 Å². The number of rotatable bonds is 8. The predicted octanol–water partition coefficient (Wildman–Crippen LogP) is 2.11. The van der Waals surface area contributed by atoms with Crippen LogP contribution in [0.15, 0.2) is 35.3 Å². The molecular formula is C20H32N4O2. The van der Waals surface area contributed by atoms with Gasteiger partial charge in [0.2, 0.25) is 0 Å². The summed E-state index contributed by atoms with van der Waals surface area (Å²) in [5, 5.41) is 3.37. The first kappa shape index (κ1) is 20.2. The molecule has 0 saturated carbocycles. The van der Waals surface area contributed by atoms with E-state index in [-0.39, 0.29) is 5.97 Å². The van der Waals surface area contributed by atoms with E-state index in [1.165, 1.54) is 5.56 Å². The van der Waals surface area contributed by atoms with Crippen LogP contribution in [0.3, 0.4) is 0 Å².